The second-order valence-corrected chi connectivity index (χ2v) is 22.7. The molecule has 0 bridgehead atoms. The predicted octanol–water partition coefficient (Wildman–Crippen LogP) is 9.52. The maximum atomic E-state index is 13.7. The van der Waals surface area contributed by atoms with E-state index in [4.69, 9.17) is 13.9 Å². The molecule has 1 aromatic rings. The summed E-state index contributed by atoms with van der Waals surface area (Å²) in [6.07, 6.45) is 21.6. The number of ether oxygens (including phenoxy) is 2. The topological polar surface area (TPSA) is 101 Å². The highest BCUT2D eigenvalue weighted by atomic mass is 28.4. The Morgan fingerprint density at radius 3 is 2.36 bits per heavy atom. The first-order valence-electron chi connectivity index (χ1n) is 20.9. The lowest BCUT2D eigenvalue weighted by Crippen LogP contribution is -2.53. The molecule has 3 aliphatic rings. The molecule has 6 atom stereocenters. The zero-order valence-corrected chi connectivity index (χ0v) is 36.3. The van der Waals surface area contributed by atoms with Gasteiger partial charge in [-0.1, -0.05) is 103 Å². The lowest BCUT2D eigenvalue weighted by molar-refractivity contribution is -0.151. The molecule has 2 aliphatic heterocycles. The monoisotopic (exact) mass is 778 g/mol. The highest BCUT2D eigenvalue weighted by Crippen LogP contribution is 2.39. The van der Waals surface area contributed by atoms with Crippen LogP contribution >= 0.6 is 0 Å². The van der Waals surface area contributed by atoms with E-state index in [1.807, 2.05) is 62.4 Å². The minimum atomic E-state index is -2.28. The number of nitrogens with zero attached hydrogens (tertiary/aromatic N) is 3. The number of rotatable bonds is 9. The van der Waals surface area contributed by atoms with E-state index in [1.54, 1.807) is 24.1 Å². The van der Waals surface area contributed by atoms with E-state index in [1.165, 1.54) is 38.5 Å². The molecule has 4 rings (SSSR count). The van der Waals surface area contributed by atoms with Gasteiger partial charge in [-0.3, -0.25) is 14.7 Å². The molecule has 1 aliphatic carbocycles. The first kappa shape index (κ1) is 44.7. The average Bonchev–Trinajstić information content (AvgIpc) is 3.43. The molecule has 9 nitrogen and oxygen atoms in total. The van der Waals surface area contributed by atoms with Gasteiger partial charge < -0.3 is 23.9 Å². The van der Waals surface area contributed by atoms with Crippen LogP contribution in [0.2, 0.25) is 18.1 Å². The molecule has 1 saturated heterocycles. The number of hydrogen-bond acceptors (Lipinski definition) is 8. The van der Waals surface area contributed by atoms with Crippen LogP contribution in [0.15, 0.2) is 72.5 Å². The van der Waals surface area contributed by atoms with Crippen molar-refractivity contribution in [2.24, 2.45) is 5.92 Å². The molecular weight excluding hydrogens is 707 g/mol. The molecule has 1 amide bonds. The SMILES string of the molecule is C\C(=C/C=C/C=C/[C@@H](C)c1ccccn1)[C@H]1OC(=O)C[C@H](O[Si](C)(C)C(C)(C)C)CC[C@@](C)(O)[C@@H](OC(=O)N2CCN(C3CCCCCC3)CC2)/C=C/[C@@H]1C. The summed E-state index contributed by atoms with van der Waals surface area (Å²) < 4.78 is 19.3. The number of carbonyl (C=O) groups is 2. The van der Waals surface area contributed by atoms with Crippen molar-refractivity contribution in [2.45, 2.75) is 160 Å². The van der Waals surface area contributed by atoms with E-state index >= 15 is 0 Å². The van der Waals surface area contributed by atoms with Crippen molar-refractivity contribution in [3.63, 3.8) is 0 Å². The van der Waals surface area contributed by atoms with Crippen molar-refractivity contribution in [1.29, 1.82) is 0 Å². The van der Waals surface area contributed by atoms with E-state index in [2.05, 4.69) is 56.7 Å². The minimum absolute atomic E-state index is 0.0719. The molecule has 0 spiro atoms. The molecule has 1 aromatic heterocycles. The third-order valence-electron chi connectivity index (χ3n) is 12.3. The Kier molecular flexibility index (Phi) is 16.6. The van der Waals surface area contributed by atoms with Gasteiger partial charge in [-0.2, -0.15) is 0 Å². The van der Waals surface area contributed by atoms with Crippen LogP contribution in [0.25, 0.3) is 0 Å². The Balaban J connectivity index is 1.54. The number of aliphatic hydroxyl groups is 1. The molecule has 1 saturated carbocycles. The maximum Gasteiger partial charge on any atom is 0.410 e. The minimum Gasteiger partial charge on any atom is -0.457 e. The van der Waals surface area contributed by atoms with Crippen LogP contribution in [-0.2, 0) is 18.7 Å². The van der Waals surface area contributed by atoms with Crippen LogP contribution in [0, 0.1) is 5.92 Å². The number of allylic oxidation sites excluding steroid dienone is 5. The van der Waals surface area contributed by atoms with Gasteiger partial charge in [0.25, 0.3) is 0 Å². The Morgan fingerprint density at radius 1 is 1.04 bits per heavy atom. The van der Waals surface area contributed by atoms with Crippen LogP contribution in [0.3, 0.4) is 0 Å². The molecule has 0 radical (unpaired) electrons. The van der Waals surface area contributed by atoms with Crippen LogP contribution in [0.4, 0.5) is 4.79 Å². The third kappa shape index (κ3) is 13.5. The number of carbonyl (C=O) groups excluding carboxylic acids is 2. The first-order valence-corrected chi connectivity index (χ1v) is 23.8. The Morgan fingerprint density at radius 2 is 1.73 bits per heavy atom. The maximum absolute atomic E-state index is 13.7. The Bertz CT molecular complexity index is 1480. The summed E-state index contributed by atoms with van der Waals surface area (Å²) in [5, 5.41) is 12.0. The fourth-order valence-electron chi connectivity index (χ4n) is 7.55. The van der Waals surface area contributed by atoms with Crippen molar-refractivity contribution in [3.05, 3.63) is 78.2 Å². The Hall–Kier alpha value is -3.05. The molecular formula is C45H71N3O6Si. The summed E-state index contributed by atoms with van der Waals surface area (Å²) in [4.78, 5) is 36.2. The smallest absolute Gasteiger partial charge is 0.410 e. The normalized spacial score (nSPS) is 28.9. The highest BCUT2D eigenvalue weighted by Gasteiger charge is 2.42. The van der Waals surface area contributed by atoms with Crippen LogP contribution in [0.5, 0.6) is 0 Å². The Labute approximate surface area is 333 Å². The summed E-state index contributed by atoms with van der Waals surface area (Å²) >= 11 is 0. The quantitative estimate of drug-likeness (QED) is 0.0871. The average molecular weight is 778 g/mol. The van der Waals surface area contributed by atoms with Crippen molar-refractivity contribution in [3.8, 4) is 0 Å². The van der Waals surface area contributed by atoms with Gasteiger partial charge in [-0.15, -0.1) is 0 Å². The fraction of sp³-hybridized carbons (Fsp3) is 0.667. The zero-order chi connectivity index (χ0) is 40.2. The number of piperazine rings is 1. The van der Waals surface area contributed by atoms with Crippen LogP contribution in [0.1, 0.15) is 118 Å². The summed E-state index contributed by atoms with van der Waals surface area (Å²) in [6.45, 7) is 21.6. The van der Waals surface area contributed by atoms with Gasteiger partial charge in [-0.05, 0) is 81.4 Å². The van der Waals surface area contributed by atoms with Crippen LogP contribution in [-0.4, -0.2) is 96.4 Å². The van der Waals surface area contributed by atoms with E-state index in [-0.39, 0.29) is 35.7 Å². The van der Waals surface area contributed by atoms with Gasteiger partial charge in [0, 0.05) is 55.9 Å². The summed E-state index contributed by atoms with van der Waals surface area (Å²) in [5.41, 5.74) is 0.485. The lowest BCUT2D eigenvalue weighted by atomic mass is 9.89. The van der Waals surface area contributed by atoms with Gasteiger partial charge in [0.05, 0.1) is 12.5 Å². The number of hydrogen-bond donors (Lipinski definition) is 1. The van der Waals surface area contributed by atoms with Crippen molar-refractivity contribution >= 4 is 20.4 Å². The number of amides is 1. The van der Waals surface area contributed by atoms with Crippen LogP contribution < -0.4 is 0 Å². The van der Waals surface area contributed by atoms with Crippen molar-refractivity contribution in [2.75, 3.05) is 26.2 Å². The summed E-state index contributed by atoms with van der Waals surface area (Å²) in [6, 6.07) is 6.52. The molecule has 306 valence electrons. The largest absolute Gasteiger partial charge is 0.457 e. The number of esters is 1. The molecule has 1 N–H and O–H groups in total. The molecule has 2 fully saturated rings. The first-order chi connectivity index (χ1) is 26.0. The van der Waals surface area contributed by atoms with E-state index in [9.17, 15) is 14.7 Å². The fourth-order valence-corrected chi connectivity index (χ4v) is 8.94. The van der Waals surface area contributed by atoms with E-state index in [0.29, 0.717) is 25.6 Å². The second-order valence-electron chi connectivity index (χ2n) is 18.0. The zero-order valence-electron chi connectivity index (χ0n) is 35.3. The summed E-state index contributed by atoms with van der Waals surface area (Å²) in [7, 11) is -2.28. The van der Waals surface area contributed by atoms with Gasteiger partial charge in [0.2, 0.25) is 0 Å². The van der Waals surface area contributed by atoms with Crippen molar-refractivity contribution in [1.82, 2.24) is 14.8 Å². The third-order valence-corrected chi connectivity index (χ3v) is 16.8. The molecule has 0 aromatic carbocycles. The lowest BCUT2D eigenvalue weighted by Gasteiger charge is -2.41. The van der Waals surface area contributed by atoms with Gasteiger partial charge in [0.15, 0.2) is 14.4 Å². The number of pyridine rings is 1. The predicted molar refractivity (Wildman–Crippen MR) is 224 cm³/mol. The summed E-state index contributed by atoms with van der Waals surface area (Å²) in [5.74, 6) is -0.432. The number of aromatic nitrogens is 1. The van der Waals surface area contributed by atoms with E-state index in [0.717, 1.165) is 24.4 Å². The molecule has 55 heavy (non-hydrogen) atoms. The van der Waals surface area contributed by atoms with Gasteiger partial charge in [-0.25, -0.2) is 4.79 Å². The van der Waals surface area contributed by atoms with Crippen molar-refractivity contribution < 1.29 is 28.6 Å². The number of cyclic esters (lactones) is 1. The molecule has 3 heterocycles. The standard InChI is InChI=1S/C45H71N3O6Si/c1-34(39-23-17-18-28-46-39)19-13-12-14-20-35(2)42-36(3)24-25-40(52-43(50)48-31-29-47(30-32-48)37-21-15-10-11-16-22-37)45(7,51)27-26-38(33-41(49)53-42)54-55(8,9)44(4,5)6/h12-14,17-20,23-25,28,34,36-38,40,42,51H,10-11,15-16,21-22,26-27,29-33H2,1-9H3/b14-12+,19-13+,25-24+,35-20+/t34-,36+,38-,40+,42-,45-/m1/s1. The molecule has 10 heteroatoms. The molecule has 0 unspecified atom stereocenters. The van der Waals surface area contributed by atoms with E-state index < -0.39 is 38.3 Å². The van der Waals surface area contributed by atoms with Gasteiger partial charge in [0.1, 0.15) is 11.7 Å². The second kappa shape index (κ2) is 20.4. The highest BCUT2D eigenvalue weighted by molar-refractivity contribution is 6.74. The van der Waals surface area contributed by atoms with Gasteiger partial charge >= 0.3 is 12.1 Å².